The number of hydrogen-bond acceptors (Lipinski definition) is 4. The molecule has 0 bridgehead atoms. The number of nitrogens with one attached hydrogen (secondary N) is 2. The van der Waals surface area contributed by atoms with Crippen LogP contribution in [-0.2, 0) is 6.54 Å². The Bertz CT molecular complexity index is 646. The Labute approximate surface area is 124 Å². The molecule has 3 rings (SSSR count). The average Bonchev–Trinajstić information content (AvgIpc) is 2.53. The van der Waals surface area contributed by atoms with Crippen LogP contribution in [0.5, 0.6) is 0 Å². The first-order valence-electron chi connectivity index (χ1n) is 7.74. The van der Waals surface area contributed by atoms with E-state index in [0.29, 0.717) is 17.8 Å². The fourth-order valence-electron chi connectivity index (χ4n) is 2.85. The first-order chi connectivity index (χ1) is 10.3. The number of nitrogens with zero attached hydrogens (tertiary/aromatic N) is 2. The van der Waals surface area contributed by atoms with Crippen LogP contribution in [-0.4, -0.2) is 41.0 Å². The molecule has 0 unspecified atom stereocenters. The molecule has 0 spiro atoms. The van der Waals surface area contributed by atoms with Crippen LogP contribution in [0.15, 0.2) is 29.1 Å². The van der Waals surface area contributed by atoms with E-state index >= 15 is 0 Å². The number of fused-ring (bicyclic) bond motifs is 1. The molecule has 2 aromatic rings. The Kier molecular flexibility index (Phi) is 4.62. The van der Waals surface area contributed by atoms with Gasteiger partial charge in [-0.15, -0.1) is 0 Å². The zero-order valence-corrected chi connectivity index (χ0v) is 12.3. The smallest absolute Gasteiger partial charge is 0.258 e. The predicted molar refractivity (Wildman–Crippen MR) is 84.4 cm³/mol. The van der Waals surface area contributed by atoms with Gasteiger partial charge in [0, 0.05) is 13.1 Å². The normalized spacial score (nSPS) is 16.4. The van der Waals surface area contributed by atoms with Gasteiger partial charge in [0.25, 0.3) is 5.56 Å². The molecule has 1 aliphatic heterocycles. The van der Waals surface area contributed by atoms with Crippen LogP contribution < -0.4 is 10.9 Å². The van der Waals surface area contributed by atoms with Gasteiger partial charge in [-0.2, -0.15) is 0 Å². The van der Waals surface area contributed by atoms with Gasteiger partial charge in [-0.1, -0.05) is 18.6 Å². The van der Waals surface area contributed by atoms with Crippen molar-refractivity contribution in [2.75, 3.05) is 26.2 Å². The monoisotopic (exact) mass is 286 g/mol. The topological polar surface area (TPSA) is 61.0 Å². The zero-order chi connectivity index (χ0) is 14.5. The second-order valence-corrected chi connectivity index (χ2v) is 5.61. The minimum absolute atomic E-state index is 0.0616. The largest absolute Gasteiger partial charge is 0.309 e. The maximum Gasteiger partial charge on any atom is 0.258 e. The second-order valence-electron chi connectivity index (χ2n) is 5.61. The summed E-state index contributed by atoms with van der Waals surface area (Å²) in [6.45, 7) is 5.03. The van der Waals surface area contributed by atoms with Crippen LogP contribution in [0.3, 0.4) is 0 Å². The molecule has 0 saturated carbocycles. The molecule has 1 fully saturated rings. The third-order valence-electron chi connectivity index (χ3n) is 4.01. The van der Waals surface area contributed by atoms with Crippen LogP contribution >= 0.6 is 0 Å². The van der Waals surface area contributed by atoms with E-state index in [1.807, 2.05) is 18.2 Å². The van der Waals surface area contributed by atoms with E-state index in [1.165, 1.54) is 32.4 Å². The summed E-state index contributed by atoms with van der Waals surface area (Å²) >= 11 is 0. The SMILES string of the molecule is O=c1[nH]c(CNCCN2CCCCC2)nc2ccccc12. The van der Waals surface area contributed by atoms with Crippen molar-refractivity contribution in [2.24, 2.45) is 0 Å². The van der Waals surface area contributed by atoms with E-state index < -0.39 is 0 Å². The number of aromatic nitrogens is 2. The maximum absolute atomic E-state index is 11.9. The first kappa shape index (κ1) is 14.2. The molecule has 1 aromatic carbocycles. The summed E-state index contributed by atoms with van der Waals surface area (Å²) in [6.07, 6.45) is 4.01. The summed E-state index contributed by atoms with van der Waals surface area (Å²) in [5, 5.41) is 4.01. The van der Waals surface area contributed by atoms with Gasteiger partial charge in [-0.25, -0.2) is 4.98 Å². The molecule has 2 N–H and O–H groups in total. The summed E-state index contributed by atoms with van der Waals surface area (Å²) in [5.74, 6) is 0.706. The highest BCUT2D eigenvalue weighted by Crippen LogP contribution is 2.07. The predicted octanol–water partition coefficient (Wildman–Crippen LogP) is 1.50. The van der Waals surface area contributed by atoms with Gasteiger partial charge < -0.3 is 15.2 Å². The van der Waals surface area contributed by atoms with Crippen molar-refractivity contribution >= 4 is 10.9 Å². The number of piperidine rings is 1. The Morgan fingerprint density at radius 3 is 2.86 bits per heavy atom. The highest BCUT2D eigenvalue weighted by molar-refractivity contribution is 5.77. The van der Waals surface area contributed by atoms with Gasteiger partial charge in [0.15, 0.2) is 0 Å². The summed E-state index contributed by atoms with van der Waals surface area (Å²) in [4.78, 5) is 21.8. The number of likely N-dealkylation sites (tertiary alicyclic amines) is 1. The zero-order valence-electron chi connectivity index (χ0n) is 12.3. The van der Waals surface area contributed by atoms with Crippen LogP contribution in [0.2, 0.25) is 0 Å². The number of rotatable bonds is 5. The molecule has 1 aliphatic rings. The number of aromatic amines is 1. The maximum atomic E-state index is 11.9. The van der Waals surface area contributed by atoms with Gasteiger partial charge in [-0.05, 0) is 38.1 Å². The molecule has 1 aromatic heterocycles. The standard InChI is InChI=1S/C16H22N4O/c21-16-13-6-2-3-7-14(13)18-15(19-16)12-17-8-11-20-9-4-1-5-10-20/h2-3,6-7,17H,1,4-5,8-12H2,(H,18,19,21). The second kappa shape index (κ2) is 6.83. The average molecular weight is 286 g/mol. The summed E-state index contributed by atoms with van der Waals surface area (Å²) in [5.41, 5.74) is 0.697. The van der Waals surface area contributed by atoms with E-state index in [2.05, 4.69) is 20.2 Å². The van der Waals surface area contributed by atoms with Crippen molar-refractivity contribution in [3.63, 3.8) is 0 Å². The molecule has 1 saturated heterocycles. The van der Waals surface area contributed by atoms with Crippen molar-refractivity contribution in [3.05, 3.63) is 40.4 Å². The third-order valence-corrected chi connectivity index (χ3v) is 4.01. The van der Waals surface area contributed by atoms with E-state index in [4.69, 9.17) is 0 Å². The van der Waals surface area contributed by atoms with Crippen LogP contribution in [0, 0.1) is 0 Å². The highest BCUT2D eigenvalue weighted by atomic mass is 16.1. The molecule has 2 heterocycles. The number of benzene rings is 1. The van der Waals surface area contributed by atoms with Gasteiger partial charge in [0.05, 0.1) is 17.4 Å². The lowest BCUT2D eigenvalue weighted by atomic mass is 10.1. The summed E-state index contributed by atoms with van der Waals surface area (Å²) < 4.78 is 0. The number of para-hydroxylation sites is 1. The lowest BCUT2D eigenvalue weighted by Gasteiger charge is -2.26. The molecule has 0 atom stereocenters. The number of hydrogen-bond donors (Lipinski definition) is 2. The quantitative estimate of drug-likeness (QED) is 0.818. The first-order valence-corrected chi connectivity index (χ1v) is 7.74. The Morgan fingerprint density at radius 1 is 1.19 bits per heavy atom. The Morgan fingerprint density at radius 2 is 2.00 bits per heavy atom. The molecule has 5 nitrogen and oxygen atoms in total. The van der Waals surface area contributed by atoms with Crippen molar-refractivity contribution in [1.82, 2.24) is 20.2 Å². The van der Waals surface area contributed by atoms with Crippen molar-refractivity contribution in [3.8, 4) is 0 Å². The van der Waals surface area contributed by atoms with E-state index in [9.17, 15) is 4.79 Å². The van der Waals surface area contributed by atoms with Crippen molar-refractivity contribution in [2.45, 2.75) is 25.8 Å². The molecule has 21 heavy (non-hydrogen) atoms. The van der Waals surface area contributed by atoms with E-state index in [0.717, 1.165) is 18.6 Å². The molecule has 0 radical (unpaired) electrons. The van der Waals surface area contributed by atoms with Crippen molar-refractivity contribution < 1.29 is 0 Å². The molecule has 112 valence electrons. The van der Waals surface area contributed by atoms with Gasteiger partial charge in [0.1, 0.15) is 5.82 Å². The number of H-pyrrole nitrogens is 1. The molecule has 0 aliphatic carbocycles. The lowest BCUT2D eigenvalue weighted by Crippen LogP contribution is -2.36. The van der Waals surface area contributed by atoms with Crippen LogP contribution in [0.4, 0.5) is 0 Å². The fourth-order valence-corrected chi connectivity index (χ4v) is 2.85. The molecular formula is C16H22N4O. The van der Waals surface area contributed by atoms with E-state index in [1.54, 1.807) is 6.07 Å². The minimum atomic E-state index is -0.0616. The highest BCUT2D eigenvalue weighted by Gasteiger charge is 2.09. The minimum Gasteiger partial charge on any atom is -0.309 e. The summed E-state index contributed by atoms with van der Waals surface area (Å²) in [6, 6.07) is 7.44. The van der Waals surface area contributed by atoms with Crippen LogP contribution in [0.25, 0.3) is 10.9 Å². The van der Waals surface area contributed by atoms with Gasteiger partial charge in [-0.3, -0.25) is 4.79 Å². The molecule has 0 amide bonds. The lowest BCUT2D eigenvalue weighted by molar-refractivity contribution is 0.229. The molecule has 5 heteroatoms. The van der Waals surface area contributed by atoms with Crippen LogP contribution in [0.1, 0.15) is 25.1 Å². The summed E-state index contributed by atoms with van der Waals surface area (Å²) in [7, 11) is 0. The Balaban J connectivity index is 1.54. The van der Waals surface area contributed by atoms with E-state index in [-0.39, 0.29) is 5.56 Å². The Hall–Kier alpha value is -1.72. The molecular weight excluding hydrogens is 264 g/mol. The van der Waals surface area contributed by atoms with Gasteiger partial charge in [0.2, 0.25) is 0 Å². The van der Waals surface area contributed by atoms with Crippen molar-refractivity contribution in [1.29, 1.82) is 0 Å². The van der Waals surface area contributed by atoms with Gasteiger partial charge >= 0.3 is 0 Å². The fraction of sp³-hybridized carbons (Fsp3) is 0.500. The third kappa shape index (κ3) is 3.68.